The Bertz CT molecular complexity index is 691. The molecule has 4 rings (SSSR count). The fourth-order valence-electron chi connectivity index (χ4n) is 5.88. The highest BCUT2D eigenvalue weighted by Gasteiger charge is 2.62. The van der Waals surface area contributed by atoms with Gasteiger partial charge in [0.2, 0.25) is 0 Å². The topological polar surface area (TPSA) is 68.1 Å². The van der Waals surface area contributed by atoms with Gasteiger partial charge in [-0.1, -0.05) is 56.1 Å². The lowest BCUT2D eigenvalue weighted by atomic mass is 9.55. The van der Waals surface area contributed by atoms with Crippen LogP contribution < -0.4 is 4.74 Å². The van der Waals surface area contributed by atoms with E-state index < -0.39 is 0 Å². The van der Waals surface area contributed by atoms with Crippen LogP contribution in [0.25, 0.3) is 0 Å². The third-order valence-corrected chi connectivity index (χ3v) is 9.09. The molecule has 5 nitrogen and oxygen atoms in total. The number of ether oxygens (including phenoxy) is 1. The van der Waals surface area contributed by atoms with Crippen LogP contribution in [0.1, 0.15) is 69.9 Å². The van der Waals surface area contributed by atoms with Gasteiger partial charge in [-0.15, -0.1) is 14.1 Å². The first kappa shape index (κ1) is 24.8. The summed E-state index contributed by atoms with van der Waals surface area (Å²) in [7, 11) is 2.42. The SMILES string of the molecule is CC.CC12CCC3c4ccc(OCO)cc4CCC3(I)C1CCC2ON=O.CP. The molecule has 0 amide bonds. The summed E-state index contributed by atoms with van der Waals surface area (Å²) in [5, 5.41) is 11.7. The number of halogens is 1. The molecule has 29 heavy (non-hydrogen) atoms. The third-order valence-electron chi connectivity index (χ3n) is 7.05. The quantitative estimate of drug-likeness (QED) is 0.128. The predicted octanol–water partition coefficient (Wildman–Crippen LogP) is 6.01. The Morgan fingerprint density at radius 2 is 1.97 bits per heavy atom. The molecule has 6 atom stereocenters. The Morgan fingerprint density at radius 3 is 2.62 bits per heavy atom. The van der Waals surface area contributed by atoms with Crippen LogP contribution in [0.4, 0.5) is 0 Å². The molecule has 0 aliphatic heterocycles. The van der Waals surface area contributed by atoms with Crippen LogP contribution in [0, 0.1) is 16.2 Å². The summed E-state index contributed by atoms with van der Waals surface area (Å²) in [5.41, 5.74) is 2.83. The monoisotopic (exact) mass is 535 g/mol. The van der Waals surface area contributed by atoms with Crippen LogP contribution in [-0.2, 0) is 11.3 Å². The van der Waals surface area contributed by atoms with Gasteiger partial charge in [0, 0.05) is 8.84 Å². The Hall–Kier alpha value is -0.460. The zero-order valence-electron chi connectivity index (χ0n) is 18.0. The standard InChI is InChI=1S/C19H24INO4.C2H6.CH5P/c1-18-8-7-15-14-3-2-13(24-11-22)10-12(14)6-9-19(15,20)16(18)4-5-17(18)25-21-23;2*1-2/h2-3,10,15-17,22H,4-9,11H2,1H3;1-2H3;2H2,1H3. The molecule has 2 fully saturated rings. The number of fused-ring (bicyclic) bond motifs is 5. The van der Waals surface area contributed by atoms with Crippen molar-refractivity contribution in [2.75, 3.05) is 13.5 Å². The molecule has 0 bridgehead atoms. The van der Waals surface area contributed by atoms with Crippen LogP contribution >= 0.6 is 31.8 Å². The average Bonchev–Trinajstić information content (AvgIpc) is 3.09. The molecule has 3 aliphatic carbocycles. The van der Waals surface area contributed by atoms with E-state index in [9.17, 15) is 4.91 Å². The van der Waals surface area contributed by atoms with Gasteiger partial charge in [-0.2, -0.15) is 0 Å². The molecule has 1 N–H and O–H groups in total. The highest BCUT2D eigenvalue weighted by molar-refractivity contribution is 14.1. The molecule has 6 unspecified atom stereocenters. The summed E-state index contributed by atoms with van der Waals surface area (Å²) in [5.74, 6) is 1.82. The Labute approximate surface area is 191 Å². The van der Waals surface area contributed by atoms with Gasteiger partial charge in [0.1, 0.15) is 11.9 Å². The Kier molecular flexibility index (Phi) is 9.17. The molecule has 1 aromatic rings. The zero-order chi connectivity index (χ0) is 21.7. The van der Waals surface area contributed by atoms with E-state index in [1.807, 2.05) is 26.6 Å². The van der Waals surface area contributed by atoms with Gasteiger partial charge in [0.15, 0.2) is 12.1 Å². The molecule has 164 valence electrons. The normalized spacial score (nSPS) is 34.1. The van der Waals surface area contributed by atoms with Gasteiger partial charge in [-0.05, 0) is 73.6 Å². The second-order valence-corrected chi connectivity index (χ2v) is 9.96. The summed E-state index contributed by atoms with van der Waals surface area (Å²) in [6.45, 7) is 7.93. The first-order chi connectivity index (χ1) is 14.0. The number of nitrogens with zero attached hydrogens (tertiary/aromatic N) is 1. The third kappa shape index (κ3) is 4.45. The fraction of sp³-hybridized carbons (Fsp3) is 0.727. The van der Waals surface area contributed by atoms with E-state index in [1.165, 1.54) is 11.1 Å². The molecule has 0 aromatic heterocycles. The fourth-order valence-corrected chi connectivity index (χ4v) is 7.82. The highest BCUT2D eigenvalue weighted by atomic mass is 127. The maximum absolute atomic E-state index is 10.7. The van der Waals surface area contributed by atoms with Crippen LogP contribution in [0.15, 0.2) is 23.5 Å². The predicted molar refractivity (Wildman–Crippen MR) is 130 cm³/mol. The molecule has 2 saturated carbocycles. The summed E-state index contributed by atoms with van der Waals surface area (Å²) in [6.07, 6.45) is 6.35. The molecule has 0 saturated heterocycles. The summed E-state index contributed by atoms with van der Waals surface area (Å²) in [6, 6.07) is 6.25. The van der Waals surface area contributed by atoms with Crippen molar-refractivity contribution in [1.82, 2.24) is 0 Å². The Morgan fingerprint density at radius 1 is 1.24 bits per heavy atom. The second-order valence-electron chi connectivity index (χ2n) is 7.96. The molecule has 0 heterocycles. The van der Waals surface area contributed by atoms with E-state index in [-0.39, 0.29) is 21.7 Å². The molecule has 1 aromatic carbocycles. The molecular formula is C22H35INO4P. The lowest BCUT2D eigenvalue weighted by Gasteiger charge is -2.55. The van der Waals surface area contributed by atoms with E-state index in [1.54, 1.807) is 0 Å². The zero-order valence-corrected chi connectivity index (χ0v) is 21.3. The van der Waals surface area contributed by atoms with Crippen molar-refractivity contribution in [3.8, 4) is 5.75 Å². The van der Waals surface area contributed by atoms with Gasteiger partial charge >= 0.3 is 0 Å². The molecule has 3 aliphatic rings. The van der Waals surface area contributed by atoms with Crippen molar-refractivity contribution in [2.24, 2.45) is 16.7 Å². The van der Waals surface area contributed by atoms with E-state index in [4.69, 9.17) is 14.7 Å². The number of hydrogen-bond donors (Lipinski definition) is 1. The van der Waals surface area contributed by atoms with Crippen LogP contribution in [0.3, 0.4) is 0 Å². The first-order valence-electron chi connectivity index (χ1n) is 10.6. The minimum absolute atomic E-state index is 0.0377. The second kappa shape index (κ2) is 10.7. The minimum atomic E-state index is -0.287. The molecule has 0 radical (unpaired) electrons. The van der Waals surface area contributed by atoms with Crippen molar-refractivity contribution >= 4 is 31.8 Å². The number of alkyl halides is 1. The van der Waals surface area contributed by atoms with E-state index in [0.717, 1.165) is 44.3 Å². The van der Waals surface area contributed by atoms with E-state index in [2.05, 4.69) is 56.2 Å². The number of rotatable bonds is 4. The van der Waals surface area contributed by atoms with Crippen molar-refractivity contribution in [2.45, 2.75) is 74.7 Å². The molecular weight excluding hydrogens is 500 g/mol. The lowest BCUT2D eigenvalue weighted by Crippen LogP contribution is -2.52. The summed E-state index contributed by atoms with van der Waals surface area (Å²) < 4.78 is 5.46. The van der Waals surface area contributed by atoms with Gasteiger partial charge in [-0.3, -0.25) is 0 Å². The number of aryl methyl sites for hydroxylation is 1. The van der Waals surface area contributed by atoms with E-state index in [0.29, 0.717) is 11.8 Å². The van der Waals surface area contributed by atoms with Gasteiger partial charge in [0.25, 0.3) is 0 Å². The smallest absolute Gasteiger partial charge is 0.186 e. The lowest BCUT2D eigenvalue weighted by molar-refractivity contribution is -0.0551. The van der Waals surface area contributed by atoms with Gasteiger partial charge in [0.05, 0.1) is 0 Å². The average molecular weight is 535 g/mol. The minimum Gasteiger partial charge on any atom is -0.468 e. The van der Waals surface area contributed by atoms with Gasteiger partial charge in [-0.25, -0.2) is 0 Å². The van der Waals surface area contributed by atoms with Gasteiger partial charge < -0.3 is 14.7 Å². The maximum atomic E-state index is 10.7. The van der Waals surface area contributed by atoms with Crippen LogP contribution in [-0.4, -0.2) is 28.1 Å². The molecule has 7 heteroatoms. The Balaban J connectivity index is 0.000000707. The molecule has 0 spiro atoms. The first-order valence-corrected chi connectivity index (χ1v) is 12.9. The number of hydrogen-bond acceptors (Lipinski definition) is 5. The maximum Gasteiger partial charge on any atom is 0.186 e. The van der Waals surface area contributed by atoms with Crippen LogP contribution in [0.5, 0.6) is 5.75 Å². The largest absolute Gasteiger partial charge is 0.468 e. The number of benzene rings is 1. The summed E-state index contributed by atoms with van der Waals surface area (Å²) >= 11 is 2.72. The number of aliphatic hydroxyl groups excluding tert-OH is 1. The van der Waals surface area contributed by atoms with E-state index >= 15 is 0 Å². The van der Waals surface area contributed by atoms with Crippen molar-refractivity contribution in [1.29, 1.82) is 0 Å². The highest BCUT2D eigenvalue weighted by Crippen LogP contribution is 2.66. The van der Waals surface area contributed by atoms with Crippen LogP contribution in [0.2, 0.25) is 0 Å². The van der Waals surface area contributed by atoms with Crippen molar-refractivity contribution < 1.29 is 14.7 Å². The summed E-state index contributed by atoms with van der Waals surface area (Å²) in [4.78, 5) is 15.9. The van der Waals surface area contributed by atoms with Crippen molar-refractivity contribution in [3.05, 3.63) is 34.2 Å². The van der Waals surface area contributed by atoms with Crippen molar-refractivity contribution in [3.63, 3.8) is 0 Å². The number of aliphatic hydroxyl groups is 1.